The molecule has 1 fully saturated rings. The Morgan fingerprint density at radius 2 is 2.06 bits per heavy atom. The zero-order valence-electron chi connectivity index (χ0n) is 20.3. The fourth-order valence-electron chi connectivity index (χ4n) is 4.60. The summed E-state index contributed by atoms with van der Waals surface area (Å²) in [6, 6.07) is 11.0. The summed E-state index contributed by atoms with van der Waals surface area (Å²) < 4.78 is 21.2. The number of pyridine rings is 1. The smallest absolute Gasteiger partial charge is 0.270 e. The average molecular weight is 473 g/mol. The van der Waals surface area contributed by atoms with Crippen LogP contribution < -0.4 is 5.32 Å². The van der Waals surface area contributed by atoms with E-state index < -0.39 is 12.2 Å². The van der Waals surface area contributed by atoms with Gasteiger partial charge in [-0.1, -0.05) is 41.7 Å². The molecule has 1 saturated carbocycles. The number of rotatable bonds is 6. The standard InChI is InChI=1S/C28H29FN4O2/c1-18-4-6-21(7-5-18)25(26-24-14-22(29)15-33(24)17-30-26)32-27(34)23-13-20(12-19(2)31-23)8-9-28(10-11-28)16-35-3/h4-7,12-13,17,22,25H,10-11,14-16H2,1-3H3,(H,32,34)/t22-,25?/m1/s1. The van der Waals surface area contributed by atoms with Crippen LogP contribution in [0.1, 0.15) is 63.1 Å². The molecule has 35 heavy (non-hydrogen) atoms. The van der Waals surface area contributed by atoms with Crippen LogP contribution in [0, 0.1) is 31.1 Å². The molecule has 6 nitrogen and oxygen atoms in total. The number of imidazole rings is 1. The van der Waals surface area contributed by atoms with Crippen LogP contribution in [-0.4, -0.2) is 40.3 Å². The molecule has 0 saturated heterocycles. The van der Waals surface area contributed by atoms with Crippen LogP contribution in [0.2, 0.25) is 0 Å². The molecule has 180 valence electrons. The minimum Gasteiger partial charge on any atom is -0.383 e. The number of halogens is 1. The predicted molar refractivity (Wildman–Crippen MR) is 131 cm³/mol. The number of carbonyl (C=O) groups is 1. The van der Waals surface area contributed by atoms with Crippen molar-refractivity contribution >= 4 is 5.91 Å². The van der Waals surface area contributed by atoms with Crippen molar-refractivity contribution in [3.63, 3.8) is 0 Å². The molecule has 1 aliphatic heterocycles. The molecule has 1 amide bonds. The number of aryl methyl sites for hydroxylation is 2. The second-order valence-electron chi connectivity index (χ2n) is 9.69. The Morgan fingerprint density at radius 3 is 2.77 bits per heavy atom. The van der Waals surface area contributed by atoms with Crippen molar-refractivity contribution in [1.29, 1.82) is 0 Å². The minimum atomic E-state index is -0.937. The van der Waals surface area contributed by atoms with E-state index in [1.165, 1.54) is 0 Å². The molecule has 3 heterocycles. The fourth-order valence-corrected chi connectivity index (χ4v) is 4.60. The summed E-state index contributed by atoms with van der Waals surface area (Å²) >= 11 is 0. The normalized spacial score (nSPS) is 18.3. The molecule has 5 rings (SSSR count). The maximum absolute atomic E-state index is 14.1. The maximum atomic E-state index is 14.1. The van der Waals surface area contributed by atoms with Gasteiger partial charge in [-0.05, 0) is 44.4 Å². The van der Waals surface area contributed by atoms with E-state index in [4.69, 9.17) is 4.74 Å². The van der Waals surface area contributed by atoms with Gasteiger partial charge in [-0.15, -0.1) is 0 Å². The molecule has 2 atom stereocenters. The number of hydrogen-bond acceptors (Lipinski definition) is 4. The van der Waals surface area contributed by atoms with Gasteiger partial charge in [0.25, 0.3) is 5.91 Å². The number of nitrogens with one attached hydrogen (secondary N) is 1. The fraction of sp³-hybridized carbons (Fsp3) is 0.393. The Labute approximate surface area is 204 Å². The van der Waals surface area contributed by atoms with Gasteiger partial charge in [0.1, 0.15) is 11.9 Å². The lowest BCUT2D eigenvalue weighted by Crippen LogP contribution is -2.31. The number of alkyl halides is 1. The van der Waals surface area contributed by atoms with E-state index in [-0.39, 0.29) is 11.3 Å². The zero-order valence-corrected chi connectivity index (χ0v) is 20.3. The Hall–Kier alpha value is -3.50. The number of fused-ring (bicyclic) bond motifs is 1. The largest absolute Gasteiger partial charge is 0.383 e. The minimum absolute atomic E-state index is 0.0688. The quantitative estimate of drug-likeness (QED) is 0.549. The van der Waals surface area contributed by atoms with Crippen molar-refractivity contribution in [1.82, 2.24) is 19.9 Å². The van der Waals surface area contributed by atoms with Crippen LogP contribution in [-0.2, 0) is 17.7 Å². The summed E-state index contributed by atoms with van der Waals surface area (Å²) in [5, 5.41) is 3.11. The molecule has 2 aliphatic rings. The molecule has 0 spiro atoms. The van der Waals surface area contributed by atoms with E-state index in [2.05, 4.69) is 27.1 Å². The van der Waals surface area contributed by atoms with Gasteiger partial charge in [0.05, 0.1) is 36.6 Å². The molecule has 0 bridgehead atoms. The summed E-state index contributed by atoms with van der Waals surface area (Å²) in [4.78, 5) is 22.5. The second-order valence-corrected chi connectivity index (χ2v) is 9.69. The molecule has 3 aromatic rings. The van der Waals surface area contributed by atoms with E-state index in [9.17, 15) is 9.18 Å². The number of hydrogen-bond donors (Lipinski definition) is 1. The third-order valence-electron chi connectivity index (χ3n) is 6.68. The monoisotopic (exact) mass is 472 g/mol. The van der Waals surface area contributed by atoms with Gasteiger partial charge in [0.15, 0.2) is 0 Å². The SMILES string of the molecule is COCC1(C#Cc2cc(C)nc(C(=O)NC(c3ccc(C)cc3)c3ncn4c3C[C@@H](F)C4)c2)CC1. The van der Waals surface area contributed by atoms with Crippen LogP contribution in [0.4, 0.5) is 4.39 Å². The van der Waals surface area contributed by atoms with Crippen LogP contribution in [0.15, 0.2) is 42.7 Å². The van der Waals surface area contributed by atoms with E-state index >= 15 is 0 Å². The lowest BCUT2D eigenvalue weighted by Gasteiger charge is -2.19. The first-order valence-electron chi connectivity index (χ1n) is 11.9. The van der Waals surface area contributed by atoms with Crippen LogP contribution >= 0.6 is 0 Å². The van der Waals surface area contributed by atoms with E-state index in [0.29, 0.717) is 36.7 Å². The first-order valence-corrected chi connectivity index (χ1v) is 11.9. The Balaban J connectivity index is 1.45. The van der Waals surface area contributed by atoms with Gasteiger partial charge in [-0.25, -0.2) is 14.4 Å². The van der Waals surface area contributed by atoms with Crippen molar-refractivity contribution in [3.05, 3.63) is 82.2 Å². The highest BCUT2D eigenvalue weighted by molar-refractivity contribution is 5.93. The Bertz CT molecular complexity index is 1310. The van der Waals surface area contributed by atoms with E-state index in [0.717, 1.165) is 35.2 Å². The Morgan fingerprint density at radius 1 is 1.29 bits per heavy atom. The van der Waals surface area contributed by atoms with Crippen molar-refractivity contribution in [3.8, 4) is 11.8 Å². The number of carbonyl (C=O) groups excluding carboxylic acids is 1. The average Bonchev–Trinajstić information content (AvgIpc) is 3.34. The van der Waals surface area contributed by atoms with Crippen LogP contribution in [0.3, 0.4) is 0 Å². The molecule has 2 aromatic heterocycles. The molecule has 1 aromatic carbocycles. The number of ether oxygens (including phenoxy) is 1. The third kappa shape index (κ3) is 4.98. The van der Waals surface area contributed by atoms with Gasteiger partial charge < -0.3 is 14.6 Å². The van der Waals surface area contributed by atoms with Crippen molar-refractivity contribution in [2.75, 3.05) is 13.7 Å². The number of amides is 1. The molecular formula is C28H29FN4O2. The first-order chi connectivity index (χ1) is 16.9. The molecule has 1 unspecified atom stereocenters. The summed E-state index contributed by atoms with van der Waals surface area (Å²) in [7, 11) is 1.69. The molecule has 0 radical (unpaired) electrons. The van der Waals surface area contributed by atoms with Gasteiger partial charge in [0, 0.05) is 30.5 Å². The number of methoxy groups -OCH3 is 1. The Kier molecular flexibility index (Phi) is 6.16. The van der Waals surface area contributed by atoms with Gasteiger partial charge >= 0.3 is 0 Å². The van der Waals surface area contributed by atoms with Crippen LogP contribution in [0.5, 0.6) is 0 Å². The van der Waals surface area contributed by atoms with Gasteiger partial charge in [-0.3, -0.25) is 4.79 Å². The van der Waals surface area contributed by atoms with E-state index in [1.54, 1.807) is 19.5 Å². The summed E-state index contributed by atoms with van der Waals surface area (Å²) in [6.07, 6.45) is 3.06. The highest BCUT2D eigenvalue weighted by Gasteiger charge is 2.41. The predicted octanol–water partition coefficient (Wildman–Crippen LogP) is 4.09. The highest BCUT2D eigenvalue weighted by atomic mass is 19.1. The molecule has 7 heteroatoms. The molecule has 1 N–H and O–H groups in total. The maximum Gasteiger partial charge on any atom is 0.270 e. The van der Waals surface area contributed by atoms with E-state index in [1.807, 2.05) is 48.7 Å². The number of nitrogens with zero attached hydrogens (tertiary/aromatic N) is 3. The third-order valence-corrected chi connectivity index (χ3v) is 6.68. The lowest BCUT2D eigenvalue weighted by atomic mass is 9.99. The molecule has 1 aliphatic carbocycles. The van der Waals surface area contributed by atoms with Crippen molar-refractivity contribution in [2.45, 2.75) is 51.9 Å². The highest BCUT2D eigenvalue weighted by Crippen LogP contribution is 2.45. The summed E-state index contributed by atoms with van der Waals surface area (Å²) in [6.45, 7) is 4.77. The van der Waals surface area contributed by atoms with Crippen molar-refractivity contribution < 1.29 is 13.9 Å². The van der Waals surface area contributed by atoms with Gasteiger partial charge in [-0.2, -0.15) is 0 Å². The van der Waals surface area contributed by atoms with Gasteiger partial charge in [0.2, 0.25) is 0 Å². The molecular weight excluding hydrogens is 443 g/mol. The topological polar surface area (TPSA) is 69.0 Å². The lowest BCUT2D eigenvalue weighted by molar-refractivity contribution is 0.0937. The van der Waals surface area contributed by atoms with Crippen molar-refractivity contribution in [2.24, 2.45) is 5.41 Å². The second kappa shape index (κ2) is 9.27. The first kappa shape index (κ1) is 23.3. The number of aromatic nitrogens is 3. The summed E-state index contributed by atoms with van der Waals surface area (Å²) in [5.74, 6) is 6.22. The zero-order chi connectivity index (χ0) is 24.6. The van der Waals surface area contributed by atoms with Crippen LogP contribution in [0.25, 0.3) is 0 Å². The number of benzene rings is 1. The summed E-state index contributed by atoms with van der Waals surface area (Å²) in [5.41, 5.74) is 5.18.